The number of hydrogen-bond acceptors (Lipinski definition) is 1. The second kappa shape index (κ2) is 5.10. The summed E-state index contributed by atoms with van der Waals surface area (Å²) in [5.74, 6) is 0.927. The normalized spacial score (nSPS) is 35.1. The summed E-state index contributed by atoms with van der Waals surface area (Å²) in [6.45, 7) is 8.48. The number of benzene rings is 1. The molecule has 2 aliphatic carbocycles. The third kappa shape index (κ3) is 2.21. The highest BCUT2D eigenvalue weighted by molar-refractivity contribution is 5.85. The topological polar surface area (TPSA) is 12.0 Å². The summed E-state index contributed by atoms with van der Waals surface area (Å²) in [4.78, 5) is 0. The Labute approximate surface area is 123 Å². The predicted molar refractivity (Wildman–Crippen MR) is 83.5 cm³/mol. The monoisotopic (exact) mass is 279 g/mol. The molecule has 1 nitrogen and oxygen atoms in total. The molecule has 0 spiro atoms. The van der Waals surface area contributed by atoms with Crippen LogP contribution < -0.4 is 5.32 Å². The molecule has 0 aliphatic heterocycles. The van der Waals surface area contributed by atoms with Gasteiger partial charge in [0.15, 0.2) is 0 Å². The minimum atomic E-state index is 0. The minimum absolute atomic E-state index is 0. The largest absolute Gasteiger partial charge is 0.309 e. The van der Waals surface area contributed by atoms with Crippen LogP contribution in [0.25, 0.3) is 0 Å². The Morgan fingerprint density at radius 3 is 2.37 bits per heavy atom. The lowest BCUT2D eigenvalue weighted by atomic mass is 9.69. The SMILES string of the molecule is CC1(C)[C@H]2CC[C@]1(C)[C@H](NCc1ccccc1)C2.Cl. The van der Waals surface area contributed by atoms with Crippen LogP contribution in [0.4, 0.5) is 0 Å². The van der Waals surface area contributed by atoms with E-state index in [-0.39, 0.29) is 12.4 Å². The van der Waals surface area contributed by atoms with Crippen LogP contribution >= 0.6 is 12.4 Å². The second-order valence-corrected chi connectivity index (χ2v) is 7.03. The van der Waals surface area contributed by atoms with Gasteiger partial charge in [-0.2, -0.15) is 0 Å². The fourth-order valence-corrected chi connectivity index (χ4v) is 4.35. The van der Waals surface area contributed by atoms with Gasteiger partial charge in [-0.15, -0.1) is 12.4 Å². The van der Waals surface area contributed by atoms with Gasteiger partial charge in [-0.25, -0.2) is 0 Å². The first-order valence-corrected chi connectivity index (χ1v) is 7.31. The summed E-state index contributed by atoms with van der Waals surface area (Å²) in [6.07, 6.45) is 4.21. The maximum atomic E-state index is 3.83. The third-order valence-corrected chi connectivity index (χ3v) is 6.19. The Hall–Kier alpha value is -0.530. The first-order valence-electron chi connectivity index (χ1n) is 7.31. The zero-order chi connectivity index (χ0) is 12.8. The van der Waals surface area contributed by atoms with Crippen LogP contribution in [0.2, 0.25) is 0 Å². The van der Waals surface area contributed by atoms with E-state index in [1.807, 2.05) is 0 Å². The quantitative estimate of drug-likeness (QED) is 0.864. The molecule has 0 heterocycles. The average molecular weight is 280 g/mol. The number of nitrogens with one attached hydrogen (secondary N) is 1. The Balaban J connectivity index is 0.00000133. The van der Waals surface area contributed by atoms with Crippen LogP contribution in [0.3, 0.4) is 0 Å². The minimum Gasteiger partial charge on any atom is -0.309 e. The van der Waals surface area contributed by atoms with Crippen molar-refractivity contribution in [2.45, 2.75) is 52.6 Å². The fourth-order valence-electron chi connectivity index (χ4n) is 4.35. The molecular weight excluding hydrogens is 254 g/mol. The van der Waals surface area contributed by atoms with Crippen molar-refractivity contribution >= 4 is 12.4 Å². The molecule has 2 heteroatoms. The standard InChI is InChI=1S/C17H25N.ClH/c1-16(2)14-9-10-17(16,3)15(11-14)18-12-13-7-5-4-6-8-13;/h4-8,14-15,18H,9-12H2,1-3H3;1H/t14-,15+,17+;/m0./s1. The zero-order valence-electron chi connectivity index (χ0n) is 12.3. The molecule has 0 amide bonds. The van der Waals surface area contributed by atoms with Gasteiger partial charge in [0, 0.05) is 12.6 Å². The van der Waals surface area contributed by atoms with E-state index in [1.54, 1.807) is 0 Å². The number of hydrogen-bond donors (Lipinski definition) is 1. The molecule has 1 aromatic rings. The molecule has 3 rings (SSSR count). The lowest BCUT2D eigenvalue weighted by Crippen LogP contribution is -2.44. The van der Waals surface area contributed by atoms with Crippen molar-refractivity contribution in [2.75, 3.05) is 0 Å². The van der Waals surface area contributed by atoms with E-state index in [9.17, 15) is 0 Å². The summed E-state index contributed by atoms with van der Waals surface area (Å²) in [5, 5.41) is 3.83. The van der Waals surface area contributed by atoms with Crippen molar-refractivity contribution < 1.29 is 0 Å². The van der Waals surface area contributed by atoms with Gasteiger partial charge in [-0.1, -0.05) is 51.1 Å². The van der Waals surface area contributed by atoms with E-state index in [2.05, 4.69) is 56.4 Å². The van der Waals surface area contributed by atoms with Crippen molar-refractivity contribution in [2.24, 2.45) is 16.7 Å². The highest BCUT2D eigenvalue weighted by atomic mass is 35.5. The molecule has 2 fully saturated rings. The molecule has 0 aromatic heterocycles. The molecule has 19 heavy (non-hydrogen) atoms. The van der Waals surface area contributed by atoms with E-state index in [0.29, 0.717) is 16.9 Å². The Bertz CT molecular complexity index is 428. The van der Waals surface area contributed by atoms with Crippen LogP contribution in [0.15, 0.2) is 30.3 Å². The van der Waals surface area contributed by atoms with Crippen LogP contribution in [-0.4, -0.2) is 6.04 Å². The first kappa shape index (κ1) is 14.9. The van der Waals surface area contributed by atoms with Gasteiger partial charge in [0.2, 0.25) is 0 Å². The van der Waals surface area contributed by atoms with E-state index < -0.39 is 0 Å². The second-order valence-electron chi connectivity index (χ2n) is 7.03. The summed E-state index contributed by atoms with van der Waals surface area (Å²) < 4.78 is 0. The third-order valence-electron chi connectivity index (χ3n) is 6.19. The molecular formula is C17H26ClN. The van der Waals surface area contributed by atoms with Crippen molar-refractivity contribution in [3.63, 3.8) is 0 Å². The van der Waals surface area contributed by atoms with E-state index >= 15 is 0 Å². The maximum absolute atomic E-state index is 3.83. The number of halogens is 1. The summed E-state index contributed by atoms with van der Waals surface area (Å²) >= 11 is 0. The van der Waals surface area contributed by atoms with E-state index in [1.165, 1.54) is 24.8 Å². The lowest BCUT2D eigenvalue weighted by Gasteiger charge is -2.39. The summed E-state index contributed by atoms with van der Waals surface area (Å²) in [7, 11) is 0. The molecule has 2 bridgehead atoms. The van der Waals surface area contributed by atoms with E-state index in [0.717, 1.165) is 12.5 Å². The zero-order valence-corrected chi connectivity index (χ0v) is 13.1. The van der Waals surface area contributed by atoms with Crippen molar-refractivity contribution in [1.29, 1.82) is 0 Å². The highest BCUT2D eigenvalue weighted by Gasteiger charge is 2.60. The Kier molecular flexibility index (Phi) is 3.99. The van der Waals surface area contributed by atoms with Gasteiger partial charge < -0.3 is 5.32 Å². The predicted octanol–water partition coefficient (Wildman–Crippen LogP) is 4.41. The molecule has 0 unspecified atom stereocenters. The van der Waals surface area contributed by atoms with Crippen LogP contribution in [0.1, 0.15) is 45.6 Å². The van der Waals surface area contributed by atoms with Gasteiger partial charge >= 0.3 is 0 Å². The molecule has 1 aromatic carbocycles. The molecule has 0 saturated heterocycles. The van der Waals surface area contributed by atoms with Gasteiger partial charge in [0.1, 0.15) is 0 Å². The Morgan fingerprint density at radius 1 is 1.16 bits per heavy atom. The lowest BCUT2D eigenvalue weighted by molar-refractivity contribution is 0.120. The van der Waals surface area contributed by atoms with Gasteiger partial charge in [-0.3, -0.25) is 0 Å². The average Bonchev–Trinajstić information content (AvgIpc) is 2.70. The van der Waals surface area contributed by atoms with Crippen molar-refractivity contribution in [3.8, 4) is 0 Å². The van der Waals surface area contributed by atoms with Gasteiger partial charge in [0.05, 0.1) is 0 Å². The number of fused-ring (bicyclic) bond motifs is 2. The molecule has 0 radical (unpaired) electrons. The fraction of sp³-hybridized carbons (Fsp3) is 0.647. The molecule has 2 aliphatic rings. The van der Waals surface area contributed by atoms with Crippen molar-refractivity contribution in [3.05, 3.63) is 35.9 Å². The molecule has 1 N–H and O–H groups in total. The smallest absolute Gasteiger partial charge is 0.0208 e. The summed E-state index contributed by atoms with van der Waals surface area (Å²) in [5.41, 5.74) is 2.41. The Morgan fingerprint density at radius 2 is 1.84 bits per heavy atom. The van der Waals surface area contributed by atoms with E-state index in [4.69, 9.17) is 0 Å². The van der Waals surface area contributed by atoms with Crippen LogP contribution in [-0.2, 0) is 6.54 Å². The molecule has 2 saturated carbocycles. The molecule has 3 atom stereocenters. The van der Waals surface area contributed by atoms with Crippen molar-refractivity contribution in [1.82, 2.24) is 5.32 Å². The van der Waals surface area contributed by atoms with Gasteiger partial charge in [0.25, 0.3) is 0 Å². The first-order chi connectivity index (χ1) is 8.54. The number of rotatable bonds is 3. The van der Waals surface area contributed by atoms with Gasteiger partial charge in [-0.05, 0) is 41.6 Å². The summed E-state index contributed by atoms with van der Waals surface area (Å²) in [6, 6.07) is 11.5. The molecule has 106 valence electrons. The highest BCUT2D eigenvalue weighted by Crippen LogP contribution is 2.65. The van der Waals surface area contributed by atoms with Crippen LogP contribution in [0.5, 0.6) is 0 Å². The van der Waals surface area contributed by atoms with Crippen LogP contribution in [0, 0.1) is 16.7 Å². The maximum Gasteiger partial charge on any atom is 0.0208 e.